The van der Waals surface area contributed by atoms with E-state index in [9.17, 15) is 13.2 Å². The molecule has 0 unspecified atom stereocenters. The molecule has 12 heteroatoms. The number of aromatic nitrogens is 4. The number of halogens is 3. The SMILES string of the molecule is Cc1ccc(C(C)C)c(-n2c(C)cs/c2=N\C(=S)NCCc2cccc(-c3ncn(-c4ccc(OC(F)(F)F)cc4)n3)c2)c1. The number of hydrogen-bond acceptors (Lipinski definition) is 5. The highest BCUT2D eigenvalue weighted by molar-refractivity contribution is 7.80. The standard InChI is InChI=1S/C32H31F3N6OS2/c1-20(2)27-13-8-21(3)16-28(27)41-22(4)18-44-31(41)38-30(43)36-15-14-23-6-5-7-24(17-23)29-37-19-40(39-29)25-9-11-26(12-10-25)42-32(33,34)35/h5-13,16-20H,14-15H2,1-4H3,(H,36,43)/b38-31-. The Bertz CT molecular complexity index is 1840. The van der Waals surface area contributed by atoms with E-state index in [4.69, 9.17) is 17.2 Å². The molecule has 44 heavy (non-hydrogen) atoms. The van der Waals surface area contributed by atoms with Crippen LogP contribution in [0, 0.1) is 13.8 Å². The average Bonchev–Trinajstić information content (AvgIpc) is 3.60. The number of alkyl halides is 3. The molecule has 5 rings (SSSR count). The molecule has 5 aromatic rings. The Morgan fingerprint density at radius 3 is 2.57 bits per heavy atom. The van der Waals surface area contributed by atoms with E-state index < -0.39 is 6.36 Å². The van der Waals surface area contributed by atoms with Gasteiger partial charge in [-0.3, -0.25) is 4.57 Å². The molecule has 0 spiro atoms. The number of ether oxygens (including phenoxy) is 1. The Kier molecular flexibility index (Phi) is 9.31. The Balaban J connectivity index is 1.24. The summed E-state index contributed by atoms with van der Waals surface area (Å²) in [5, 5.41) is 10.3. The van der Waals surface area contributed by atoms with Crippen LogP contribution in [-0.4, -0.2) is 37.4 Å². The van der Waals surface area contributed by atoms with E-state index in [1.165, 1.54) is 46.4 Å². The van der Waals surface area contributed by atoms with Gasteiger partial charge < -0.3 is 10.1 Å². The van der Waals surface area contributed by atoms with E-state index in [2.05, 4.69) is 76.0 Å². The van der Waals surface area contributed by atoms with Crippen molar-refractivity contribution in [1.29, 1.82) is 0 Å². The molecule has 0 aliphatic heterocycles. The molecule has 0 radical (unpaired) electrons. The molecule has 0 amide bonds. The molecular formula is C32H31F3N6OS2. The van der Waals surface area contributed by atoms with Crippen LogP contribution in [0.25, 0.3) is 22.8 Å². The van der Waals surface area contributed by atoms with Crippen molar-refractivity contribution < 1.29 is 17.9 Å². The van der Waals surface area contributed by atoms with Gasteiger partial charge in [-0.1, -0.05) is 44.2 Å². The maximum Gasteiger partial charge on any atom is 0.573 e. The summed E-state index contributed by atoms with van der Waals surface area (Å²) >= 11 is 7.15. The predicted octanol–water partition coefficient (Wildman–Crippen LogP) is 7.44. The summed E-state index contributed by atoms with van der Waals surface area (Å²) in [4.78, 5) is 9.96. The Labute approximate surface area is 262 Å². The summed E-state index contributed by atoms with van der Waals surface area (Å²) in [6.07, 6.45) is -2.53. The van der Waals surface area contributed by atoms with E-state index in [-0.39, 0.29) is 5.75 Å². The maximum absolute atomic E-state index is 12.4. The van der Waals surface area contributed by atoms with Crippen LogP contribution in [0.2, 0.25) is 0 Å². The van der Waals surface area contributed by atoms with Gasteiger partial charge in [0.05, 0.1) is 11.4 Å². The zero-order chi connectivity index (χ0) is 31.4. The first-order valence-corrected chi connectivity index (χ1v) is 15.2. The largest absolute Gasteiger partial charge is 0.573 e. The van der Waals surface area contributed by atoms with E-state index in [1.807, 2.05) is 24.3 Å². The summed E-state index contributed by atoms with van der Waals surface area (Å²) < 4.78 is 44.9. The minimum atomic E-state index is -4.74. The molecular weight excluding hydrogens is 606 g/mol. The third-order valence-corrected chi connectivity index (χ3v) is 8.01. The Hall–Kier alpha value is -4.29. The highest BCUT2D eigenvalue weighted by Crippen LogP contribution is 2.26. The summed E-state index contributed by atoms with van der Waals surface area (Å²) in [5.74, 6) is 0.560. The number of hydrogen-bond donors (Lipinski definition) is 1. The van der Waals surface area contributed by atoms with Crippen LogP contribution >= 0.6 is 23.6 Å². The summed E-state index contributed by atoms with van der Waals surface area (Å²) in [6, 6.07) is 19.8. The summed E-state index contributed by atoms with van der Waals surface area (Å²) in [6.45, 7) is 9.14. The molecule has 3 aromatic carbocycles. The fourth-order valence-corrected chi connectivity index (χ4v) is 5.85. The lowest BCUT2D eigenvalue weighted by atomic mass is 9.99. The van der Waals surface area contributed by atoms with Crippen LogP contribution < -0.4 is 14.9 Å². The lowest BCUT2D eigenvalue weighted by Gasteiger charge is -2.16. The van der Waals surface area contributed by atoms with Crippen molar-refractivity contribution in [2.24, 2.45) is 4.99 Å². The highest BCUT2D eigenvalue weighted by Gasteiger charge is 2.31. The first kappa shape index (κ1) is 31.1. The van der Waals surface area contributed by atoms with Crippen molar-refractivity contribution in [2.75, 3.05) is 6.54 Å². The highest BCUT2D eigenvalue weighted by atomic mass is 32.1. The first-order chi connectivity index (χ1) is 21.0. The van der Waals surface area contributed by atoms with Gasteiger partial charge in [0.25, 0.3) is 0 Å². The van der Waals surface area contributed by atoms with Gasteiger partial charge in [-0.2, -0.15) is 4.99 Å². The van der Waals surface area contributed by atoms with Gasteiger partial charge in [-0.25, -0.2) is 9.67 Å². The third-order valence-electron chi connectivity index (χ3n) is 6.83. The van der Waals surface area contributed by atoms with Gasteiger partial charge >= 0.3 is 6.36 Å². The zero-order valence-electron chi connectivity index (χ0n) is 24.6. The molecule has 0 atom stereocenters. The van der Waals surface area contributed by atoms with E-state index in [0.717, 1.165) is 27.3 Å². The molecule has 0 fully saturated rings. The second kappa shape index (κ2) is 13.1. The molecule has 0 aliphatic carbocycles. The molecule has 0 aliphatic rings. The van der Waals surface area contributed by atoms with Gasteiger partial charge in [0.1, 0.15) is 12.1 Å². The Morgan fingerprint density at radius 2 is 1.84 bits per heavy atom. The quantitative estimate of drug-likeness (QED) is 0.179. The molecule has 1 N–H and O–H groups in total. The van der Waals surface area contributed by atoms with Crippen LogP contribution in [0.1, 0.15) is 42.1 Å². The van der Waals surface area contributed by atoms with Crippen LogP contribution in [0.3, 0.4) is 0 Å². The fourth-order valence-electron chi connectivity index (χ4n) is 4.73. The second-order valence-corrected chi connectivity index (χ2v) is 11.8. The van der Waals surface area contributed by atoms with Crippen LogP contribution in [0.5, 0.6) is 5.75 Å². The van der Waals surface area contributed by atoms with Gasteiger partial charge in [0, 0.05) is 23.2 Å². The van der Waals surface area contributed by atoms with Crippen LogP contribution in [-0.2, 0) is 6.42 Å². The zero-order valence-corrected chi connectivity index (χ0v) is 26.2. The average molecular weight is 637 g/mol. The molecule has 2 heterocycles. The molecule has 228 valence electrons. The van der Waals surface area contributed by atoms with Crippen molar-refractivity contribution in [3.8, 4) is 28.5 Å². The fraction of sp³-hybridized carbons (Fsp3) is 0.250. The van der Waals surface area contributed by atoms with Gasteiger partial charge in [-0.05, 0) is 91.5 Å². The Morgan fingerprint density at radius 1 is 1.07 bits per heavy atom. The van der Waals surface area contributed by atoms with E-state index >= 15 is 0 Å². The molecule has 2 aromatic heterocycles. The topological polar surface area (TPSA) is 69.3 Å². The number of nitrogens with one attached hydrogen (secondary N) is 1. The monoisotopic (exact) mass is 636 g/mol. The number of thiazole rings is 1. The normalized spacial score (nSPS) is 12.1. The first-order valence-electron chi connectivity index (χ1n) is 13.9. The predicted molar refractivity (Wildman–Crippen MR) is 171 cm³/mol. The van der Waals surface area contributed by atoms with Gasteiger partial charge in [-0.15, -0.1) is 29.6 Å². The maximum atomic E-state index is 12.4. The molecule has 0 saturated carbocycles. The van der Waals surface area contributed by atoms with Crippen molar-refractivity contribution >= 4 is 28.7 Å². The van der Waals surface area contributed by atoms with Gasteiger partial charge in [0.2, 0.25) is 0 Å². The second-order valence-electron chi connectivity index (χ2n) is 10.6. The number of rotatable bonds is 8. The lowest BCUT2D eigenvalue weighted by molar-refractivity contribution is -0.274. The minimum absolute atomic E-state index is 0.300. The van der Waals surface area contributed by atoms with Crippen molar-refractivity contribution in [1.82, 2.24) is 24.6 Å². The molecule has 0 bridgehead atoms. The molecule has 0 saturated heterocycles. The number of aryl methyl sites for hydroxylation is 2. The smallest absolute Gasteiger partial charge is 0.406 e. The van der Waals surface area contributed by atoms with Crippen LogP contribution in [0.4, 0.5) is 13.2 Å². The van der Waals surface area contributed by atoms with Crippen molar-refractivity contribution in [3.05, 3.63) is 106 Å². The number of thiocarbonyl (C=S) groups is 1. The van der Waals surface area contributed by atoms with E-state index in [0.29, 0.717) is 35.5 Å². The number of nitrogens with zero attached hydrogens (tertiary/aromatic N) is 5. The summed E-state index contributed by atoms with van der Waals surface area (Å²) in [7, 11) is 0. The third kappa shape index (κ3) is 7.61. The van der Waals surface area contributed by atoms with Gasteiger partial charge in [0.15, 0.2) is 15.7 Å². The van der Waals surface area contributed by atoms with Crippen LogP contribution in [0.15, 0.2) is 83.4 Å². The lowest BCUT2D eigenvalue weighted by Crippen LogP contribution is -2.26. The number of benzene rings is 3. The van der Waals surface area contributed by atoms with E-state index in [1.54, 1.807) is 11.3 Å². The minimum Gasteiger partial charge on any atom is -0.406 e. The molecule has 7 nitrogen and oxygen atoms in total. The van der Waals surface area contributed by atoms with Crippen molar-refractivity contribution in [3.63, 3.8) is 0 Å². The summed E-state index contributed by atoms with van der Waals surface area (Å²) in [5.41, 5.74) is 7.11. The van der Waals surface area contributed by atoms with Crippen molar-refractivity contribution in [2.45, 2.75) is 46.4 Å².